The van der Waals surface area contributed by atoms with Gasteiger partial charge in [0.1, 0.15) is 0 Å². The van der Waals surface area contributed by atoms with Crippen LogP contribution >= 0.6 is 0 Å². The maximum absolute atomic E-state index is 12.6. The zero-order valence-corrected chi connectivity index (χ0v) is 12.3. The highest BCUT2D eigenvalue weighted by Gasteiger charge is 2.13. The molecule has 0 radical (unpaired) electrons. The van der Waals surface area contributed by atoms with Gasteiger partial charge >= 0.3 is 0 Å². The highest BCUT2D eigenvalue weighted by atomic mass is 16.1. The van der Waals surface area contributed by atoms with Crippen molar-refractivity contribution >= 4 is 22.4 Å². The number of rotatable bonds is 2. The molecule has 0 spiro atoms. The van der Waals surface area contributed by atoms with Crippen molar-refractivity contribution in [1.82, 2.24) is 0 Å². The molecule has 0 aromatic heterocycles. The van der Waals surface area contributed by atoms with Gasteiger partial charge in [0.25, 0.3) is 5.91 Å². The van der Waals surface area contributed by atoms with E-state index < -0.39 is 0 Å². The second kappa shape index (κ2) is 5.30. The highest BCUT2D eigenvalue weighted by Crippen LogP contribution is 2.26. The Bertz CT molecular complexity index is 861. The Morgan fingerprint density at radius 3 is 2.64 bits per heavy atom. The molecule has 2 nitrogen and oxygen atoms in total. The van der Waals surface area contributed by atoms with Gasteiger partial charge in [0, 0.05) is 11.3 Å². The fourth-order valence-corrected chi connectivity index (χ4v) is 3.27. The number of anilines is 1. The number of aryl methyl sites for hydroxylation is 2. The third-order valence-electron chi connectivity index (χ3n) is 4.39. The van der Waals surface area contributed by atoms with Crippen molar-refractivity contribution in [3.8, 4) is 0 Å². The number of benzene rings is 3. The minimum atomic E-state index is -0.0465. The fraction of sp³-hybridized carbons (Fsp3) is 0.150. The van der Waals surface area contributed by atoms with Crippen molar-refractivity contribution in [1.29, 1.82) is 0 Å². The van der Waals surface area contributed by atoms with Crippen LogP contribution in [0.25, 0.3) is 10.8 Å². The Balaban J connectivity index is 1.66. The van der Waals surface area contributed by atoms with Gasteiger partial charge in [-0.3, -0.25) is 4.79 Å². The molecule has 0 aliphatic heterocycles. The molecule has 3 aromatic rings. The Morgan fingerprint density at radius 1 is 0.864 bits per heavy atom. The first-order valence-electron chi connectivity index (χ1n) is 7.72. The summed E-state index contributed by atoms with van der Waals surface area (Å²) in [5, 5.41) is 5.12. The van der Waals surface area contributed by atoms with Crippen LogP contribution in [0.15, 0.2) is 60.7 Å². The van der Waals surface area contributed by atoms with Crippen LogP contribution in [-0.2, 0) is 12.8 Å². The van der Waals surface area contributed by atoms with Gasteiger partial charge in [0.2, 0.25) is 0 Å². The van der Waals surface area contributed by atoms with E-state index in [1.54, 1.807) is 0 Å². The predicted octanol–water partition coefficient (Wildman–Crippen LogP) is 4.58. The molecule has 3 aromatic carbocycles. The maximum atomic E-state index is 12.6. The van der Waals surface area contributed by atoms with Crippen LogP contribution in [0, 0.1) is 0 Å². The van der Waals surface area contributed by atoms with Gasteiger partial charge in [-0.25, -0.2) is 0 Å². The molecule has 1 aliphatic rings. The average Bonchev–Trinajstić information content (AvgIpc) is 3.02. The number of amides is 1. The van der Waals surface area contributed by atoms with Crippen LogP contribution in [0.2, 0.25) is 0 Å². The summed E-state index contributed by atoms with van der Waals surface area (Å²) in [4.78, 5) is 12.6. The lowest BCUT2D eigenvalue weighted by molar-refractivity contribution is 0.102. The molecule has 1 N–H and O–H groups in total. The Hall–Kier alpha value is -2.61. The summed E-state index contributed by atoms with van der Waals surface area (Å²) in [6.07, 6.45) is 3.50. The van der Waals surface area contributed by atoms with Crippen molar-refractivity contribution in [2.75, 3.05) is 5.32 Å². The van der Waals surface area contributed by atoms with Crippen molar-refractivity contribution in [3.05, 3.63) is 77.4 Å². The number of hydrogen-bond donors (Lipinski definition) is 1. The lowest BCUT2D eigenvalue weighted by Crippen LogP contribution is -2.12. The summed E-state index contributed by atoms with van der Waals surface area (Å²) < 4.78 is 0. The van der Waals surface area contributed by atoms with E-state index in [2.05, 4.69) is 17.4 Å². The molecular weight excluding hydrogens is 270 g/mol. The van der Waals surface area contributed by atoms with E-state index in [0.717, 1.165) is 34.9 Å². The molecule has 0 bridgehead atoms. The van der Waals surface area contributed by atoms with Crippen molar-refractivity contribution in [2.24, 2.45) is 0 Å². The predicted molar refractivity (Wildman–Crippen MR) is 90.4 cm³/mol. The SMILES string of the molecule is O=C(Nc1ccc2c(c1)CCC2)c1cccc2ccccc12. The van der Waals surface area contributed by atoms with E-state index >= 15 is 0 Å². The Morgan fingerprint density at radius 2 is 1.68 bits per heavy atom. The van der Waals surface area contributed by atoms with Crippen molar-refractivity contribution < 1.29 is 4.79 Å². The molecule has 4 rings (SSSR count). The molecule has 0 atom stereocenters. The molecule has 0 unspecified atom stereocenters. The summed E-state index contributed by atoms with van der Waals surface area (Å²) in [5.74, 6) is -0.0465. The Kier molecular flexibility index (Phi) is 3.15. The van der Waals surface area contributed by atoms with Crippen LogP contribution in [-0.4, -0.2) is 5.91 Å². The molecule has 0 heterocycles. The van der Waals surface area contributed by atoms with Gasteiger partial charge < -0.3 is 5.32 Å². The second-order valence-electron chi connectivity index (χ2n) is 5.82. The summed E-state index contributed by atoms with van der Waals surface area (Å²) >= 11 is 0. The van der Waals surface area contributed by atoms with Crippen molar-refractivity contribution in [2.45, 2.75) is 19.3 Å². The van der Waals surface area contributed by atoms with E-state index in [9.17, 15) is 4.79 Å². The largest absolute Gasteiger partial charge is 0.322 e. The monoisotopic (exact) mass is 287 g/mol. The first-order chi connectivity index (χ1) is 10.8. The van der Waals surface area contributed by atoms with E-state index in [4.69, 9.17) is 0 Å². The quantitative estimate of drug-likeness (QED) is 0.734. The third-order valence-corrected chi connectivity index (χ3v) is 4.39. The summed E-state index contributed by atoms with van der Waals surface area (Å²) in [7, 11) is 0. The smallest absolute Gasteiger partial charge is 0.256 e. The molecule has 0 fully saturated rings. The second-order valence-corrected chi connectivity index (χ2v) is 5.82. The van der Waals surface area contributed by atoms with Crippen LogP contribution < -0.4 is 5.32 Å². The zero-order valence-electron chi connectivity index (χ0n) is 12.3. The van der Waals surface area contributed by atoms with Crippen LogP contribution in [0.4, 0.5) is 5.69 Å². The number of carbonyl (C=O) groups excluding carboxylic acids is 1. The van der Waals surface area contributed by atoms with Gasteiger partial charge in [0.05, 0.1) is 0 Å². The molecule has 22 heavy (non-hydrogen) atoms. The maximum Gasteiger partial charge on any atom is 0.256 e. The molecule has 1 aliphatic carbocycles. The number of nitrogens with one attached hydrogen (secondary N) is 1. The van der Waals surface area contributed by atoms with Gasteiger partial charge in [-0.2, -0.15) is 0 Å². The topological polar surface area (TPSA) is 29.1 Å². The van der Waals surface area contributed by atoms with Gasteiger partial charge in [-0.15, -0.1) is 0 Å². The van der Waals surface area contributed by atoms with E-state index in [1.807, 2.05) is 48.5 Å². The van der Waals surface area contributed by atoms with Gasteiger partial charge in [0.15, 0.2) is 0 Å². The van der Waals surface area contributed by atoms with Gasteiger partial charge in [-0.05, 0) is 59.4 Å². The van der Waals surface area contributed by atoms with Crippen LogP contribution in [0.1, 0.15) is 27.9 Å². The molecule has 1 amide bonds. The lowest BCUT2D eigenvalue weighted by Gasteiger charge is -2.09. The summed E-state index contributed by atoms with van der Waals surface area (Å²) in [6, 6.07) is 20.1. The average molecular weight is 287 g/mol. The van der Waals surface area contributed by atoms with Crippen LogP contribution in [0.3, 0.4) is 0 Å². The first-order valence-corrected chi connectivity index (χ1v) is 7.72. The molecular formula is C20H17NO. The fourth-order valence-electron chi connectivity index (χ4n) is 3.27. The minimum Gasteiger partial charge on any atom is -0.322 e. The summed E-state index contributed by atoms with van der Waals surface area (Å²) in [5.41, 5.74) is 4.40. The summed E-state index contributed by atoms with van der Waals surface area (Å²) in [6.45, 7) is 0. The molecule has 0 saturated carbocycles. The number of hydrogen-bond acceptors (Lipinski definition) is 1. The number of carbonyl (C=O) groups is 1. The minimum absolute atomic E-state index is 0.0465. The van der Waals surface area contributed by atoms with Crippen LogP contribution in [0.5, 0.6) is 0 Å². The third kappa shape index (κ3) is 2.27. The zero-order chi connectivity index (χ0) is 14.9. The van der Waals surface area contributed by atoms with E-state index in [1.165, 1.54) is 17.5 Å². The van der Waals surface area contributed by atoms with E-state index in [-0.39, 0.29) is 5.91 Å². The molecule has 108 valence electrons. The first kappa shape index (κ1) is 13.1. The normalized spacial score (nSPS) is 13.1. The van der Waals surface area contributed by atoms with Crippen molar-refractivity contribution in [3.63, 3.8) is 0 Å². The highest BCUT2D eigenvalue weighted by molar-refractivity contribution is 6.12. The molecule has 0 saturated heterocycles. The standard InChI is InChI=1S/C20H17NO/c22-20(19-10-4-7-15-5-1-2-9-18(15)19)21-17-12-11-14-6-3-8-16(14)13-17/h1-2,4-5,7,9-13H,3,6,8H2,(H,21,22). The molecule has 2 heteroatoms. The lowest BCUT2D eigenvalue weighted by atomic mass is 10.0. The Labute approximate surface area is 129 Å². The van der Waals surface area contributed by atoms with E-state index in [0.29, 0.717) is 0 Å². The number of fused-ring (bicyclic) bond motifs is 2. The van der Waals surface area contributed by atoms with Gasteiger partial charge in [-0.1, -0.05) is 42.5 Å².